The second-order valence-corrected chi connectivity index (χ2v) is 1.93. The standard InChI is InChI=1S/C8H6NO2/c10-8(11)2-1-7-3-5-9-6-4-7/h1-6H. The normalized spacial score (nSPS) is 10.2. The van der Waals surface area contributed by atoms with Gasteiger partial charge < -0.3 is 0 Å². The van der Waals surface area contributed by atoms with Crippen LogP contribution in [0.4, 0.5) is 0 Å². The third-order valence-electron chi connectivity index (χ3n) is 1.12. The first-order valence-electron chi connectivity index (χ1n) is 3.08. The lowest BCUT2D eigenvalue weighted by Gasteiger charge is -1.86. The van der Waals surface area contributed by atoms with Gasteiger partial charge in [0.15, 0.2) is 0 Å². The second kappa shape index (κ2) is 3.51. The fourth-order valence-corrected chi connectivity index (χ4v) is 0.639. The zero-order chi connectivity index (χ0) is 8.10. The highest BCUT2D eigenvalue weighted by Gasteiger charge is 1.88. The Bertz CT molecular complexity index is 267. The average Bonchev–Trinajstić information content (AvgIpc) is 2.03. The van der Waals surface area contributed by atoms with Crippen LogP contribution in [0, 0.1) is 0 Å². The molecule has 3 heteroatoms. The van der Waals surface area contributed by atoms with Crippen molar-refractivity contribution in [2.45, 2.75) is 0 Å². The van der Waals surface area contributed by atoms with Gasteiger partial charge in [-0.1, -0.05) is 0 Å². The number of carbonyl (C=O) groups is 1. The van der Waals surface area contributed by atoms with Crippen LogP contribution < -0.4 is 0 Å². The van der Waals surface area contributed by atoms with Gasteiger partial charge in [0.05, 0.1) is 0 Å². The molecule has 0 amide bonds. The zero-order valence-corrected chi connectivity index (χ0v) is 5.73. The lowest BCUT2D eigenvalue weighted by molar-refractivity contribution is -0.137. The summed E-state index contributed by atoms with van der Waals surface area (Å²) in [5.74, 6) is -1.19. The van der Waals surface area contributed by atoms with Gasteiger partial charge in [-0.25, -0.2) is 9.90 Å². The van der Waals surface area contributed by atoms with Gasteiger partial charge in [0, 0.05) is 18.5 Å². The van der Waals surface area contributed by atoms with E-state index in [-0.39, 0.29) is 0 Å². The maximum atomic E-state index is 9.96. The predicted molar refractivity (Wildman–Crippen MR) is 39.0 cm³/mol. The molecule has 0 aliphatic rings. The summed E-state index contributed by atoms with van der Waals surface area (Å²) in [6.45, 7) is 0. The SMILES string of the molecule is [O]C(=O)C=Cc1ccncc1. The number of hydrogen-bond donors (Lipinski definition) is 0. The number of carbonyl (C=O) groups excluding carboxylic acids is 1. The number of nitrogens with zero attached hydrogens (tertiary/aromatic N) is 1. The summed E-state index contributed by atoms with van der Waals surface area (Å²) >= 11 is 0. The van der Waals surface area contributed by atoms with Gasteiger partial charge in [-0.2, -0.15) is 0 Å². The van der Waals surface area contributed by atoms with Crippen LogP contribution in [0.5, 0.6) is 0 Å². The molecule has 55 valence electrons. The fraction of sp³-hybridized carbons (Fsp3) is 0. The van der Waals surface area contributed by atoms with E-state index < -0.39 is 5.97 Å². The van der Waals surface area contributed by atoms with E-state index in [4.69, 9.17) is 0 Å². The molecule has 0 unspecified atom stereocenters. The summed E-state index contributed by atoms with van der Waals surface area (Å²) in [6.07, 6.45) is 5.62. The molecule has 0 aromatic carbocycles. The van der Waals surface area contributed by atoms with Crippen molar-refractivity contribution in [3.8, 4) is 0 Å². The molecule has 1 aromatic rings. The number of hydrogen-bond acceptors (Lipinski definition) is 2. The molecule has 0 aliphatic carbocycles. The van der Waals surface area contributed by atoms with E-state index in [1.54, 1.807) is 24.5 Å². The van der Waals surface area contributed by atoms with Gasteiger partial charge in [-0.05, 0) is 23.8 Å². The molecule has 1 aromatic heterocycles. The minimum absolute atomic E-state index is 0.796. The van der Waals surface area contributed by atoms with Crippen LogP contribution >= 0.6 is 0 Å². The van der Waals surface area contributed by atoms with Crippen molar-refractivity contribution >= 4 is 12.0 Å². The highest BCUT2D eigenvalue weighted by Crippen LogP contribution is 1.98. The molecule has 1 heterocycles. The summed E-state index contributed by atoms with van der Waals surface area (Å²) in [6, 6.07) is 3.42. The molecule has 0 saturated carbocycles. The van der Waals surface area contributed by atoms with Crippen molar-refractivity contribution in [3.05, 3.63) is 36.2 Å². The minimum atomic E-state index is -1.19. The highest BCUT2D eigenvalue weighted by molar-refractivity contribution is 5.84. The molecule has 0 bridgehead atoms. The predicted octanol–water partition coefficient (Wildman–Crippen LogP) is 1.05. The van der Waals surface area contributed by atoms with E-state index in [1.165, 1.54) is 6.08 Å². The van der Waals surface area contributed by atoms with Gasteiger partial charge in [-0.15, -0.1) is 0 Å². The van der Waals surface area contributed by atoms with Gasteiger partial charge in [0.2, 0.25) is 0 Å². The first kappa shape index (κ1) is 7.47. The maximum absolute atomic E-state index is 9.96. The molecular formula is C8H6NO2. The summed E-state index contributed by atoms with van der Waals surface area (Å²) in [4.78, 5) is 13.7. The van der Waals surface area contributed by atoms with E-state index >= 15 is 0 Å². The second-order valence-electron chi connectivity index (χ2n) is 1.93. The maximum Gasteiger partial charge on any atom is 0.379 e. The molecule has 1 rings (SSSR count). The van der Waals surface area contributed by atoms with E-state index in [2.05, 4.69) is 4.98 Å². The van der Waals surface area contributed by atoms with Crippen LogP contribution in [0.15, 0.2) is 30.6 Å². The highest BCUT2D eigenvalue weighted by atomic mass is 16.4. The van der Waals surface area contributed by atoms with E-state index in [0.717, 1.165) is 11.6 Å². The van der Waals surface area contributed by atoms with Crippen molar-refractivity contribution in [3.63, 3.8) is 0 Å². The van der Waals surface area contributed by atoms with Crippen LogP contribution in [-0.4, -0.2) is 11.0 Å². The van der Waals surface area contributed by atoms with Crippen molar-refractivity contribution in [1.29, 1.82) is 0 Å². The molecule has 0 atom stereocenters. The first-order valence-corrected chi connectivity index (χ1v) is 3.08. The molecule has 0 saturated heterocycles. The van der Waals surface area contributed by atoms with Crippen molar-refractivity contribution in [2.24, 2.45) is 0 Å². The van der Waals surface area contributed by atoms with Crippen LogP contribution in [0.1, 0.15) is 5.56 Å². The Balaban J connectivity index is 2.72. The summed E-state index contributed by atoms with van der Waals surface area (Å²) in [5.41, 5.74) is 0.796. The largest absolute Gasteiger partial charge is 0.379 e. The Morgan fingerprint density at radius 2 is 2.00 bits per heavy atom. The smallest absolute Gasteiger partial charge is 0.265 e. The molecule has 0 aliphatic heterocycles. The molecule has 1 radical (unpaired) electrons. The number of aromatic nitrogens is 1. The lowest BCUT2D eigenvalue weighted by atomic mass is 10.2. The molecule has 0 N–H and O–H groups in total. The van der Waals surface area contributed by atoms with E-state index in [0.29, 0.717) is 0 Å². The number of pyridine rings is 1. The zero-order valence-electron chi connectivity index (χ0n) is 5.73. The Morgan fingerprint density at radius 3 is 2.55 bits per heavy atom. The molecule has 3 nitrogen and oxygen atoms in total. The third kappa shape index (κ3) is 2.62. The van der Waals surface area contributed by atoms with Gasteiger partial charge in [0.25, 0.3) is 0 Å². The van der Waals surface area contributed by atoms with Gasteiger partial charge in [0.1, 0.15) is 0 Å². The minimum Gasteiger partial charge on any atom is -0.265 e. The van der Waals surface area contributed by atoms with E-state index in [1.807, 2.05) is 0 Å². The third-order valence-corrected chi connectivity index (χ3v) is 1.12. The summed E-state index contributed by atoms with van der Waals surface area (Å²) in [7, 11) is 0. The topological polar surface area (TPSA) is 49.9 Å². The Hall–Kier alpha value is -1.64. The Kier molecular flexibility index (Phi) is 2.38. The van der Waals surface area contributed by atoms with Gasteiger partial charge in [-0.3, -0.25) is 4.98 Å². The summed E-state index contributed by atoms with van der Waals surface area (Å²) < 4.78 is 0. The molecule has 0 spiro atoms. The van der Waals surface area contributed by atoms with Crippen LogP contribution in [0.2, 0.25) is 0 Å². The lowest BCUT2D eigenvalue weighted by Crippen LogP contribution is -1.82. The number of rotatable bonds is 2. The average molecular weight is 148 g/mol. The van der Waals surface area contributed by atoms with Crippen LogP contribution in [0.25, 0.3) is 6.08 Å². The van der Waals surface area contributed by atoms with Crippen molar-refractivity contribution < 1.29 is 9.90 Å². The van der Waals surface area contributed by atoms with E-state index in [9.17, 15) is 9.90 Å². The van der Waals surface area contributed by atoms with Crippen molar-refractivity contribution in [1.82, 2.24) is 4.98 Å². The first-order chi connectivity index (χ1) is 5.29. The van der Waals surface area contributed by atoms with Crippen LogP contribution in [0.3, 0.4) is 0 Å². The molecule has 11 heavy (non-hydrogen) atoms. The summed E-state index contributed by atoms with van der Waals surface area (Å²) in [5, 5.41) is 9.96. The molecule has 0 fully saturated rings. The van der Waals surface area contributed by atoms with Crippen LogP contribution in [-0.2, 0) is 9.90 Å². The fourth-order valence-electron chi connectivity index (χ4n) is 0.639. The molecular weight excluding hydrogens is 142 g/mol. The quantitative estimate of drug-likeness (QED) is 0.588. The Morgan fingerprint density at radius 1 is 1.36 bits per heavy atom. The van der Waals surface area contributed by atoms with Gasteiger partial charge >= 0.3 is 5.97 Å². The Labute approximate surface area is 64.0 Å². The monoisotopic (exact) mass is 148 g/mol. The van der Waals surface area contributed by atoms with Crippen molar-refractivity contribution in [2.75, 3.05) is 0 Å².